The van der Waals surface area contributed by atoms with E-state index in [1.54, 1.807) is 7.11 Å². The molecule has 0 aliphatic rings. The van der Waals surface area contributed by atoms with E-state index >= 15 is 0 Å². The van der Waals surface area contributed by atoms with E-state index in [0.29, 0.717) is 11.7 Å². The van der Waals surface area contributed by atoms with Crippen LogP contribution in [0.2, 0.25) is 0 Å². The van der Waals surface area contributed by atoms with E-state index < -0.39 is 0 Å². The summed E-state index contributed by atoms with van der Waals surface area (Å²) in [6.45, 7) is 6.57. The number of benzene rings is 2. The number of ether oxygens (including phenoxy) is 1. The summed E-state index contributed by atoms with van der Waals surface area (Å²) in [5, 5.41) is 4.08. The molecule has 0 amide bonds. The fourth-order valence-electron chi connectivity index (χ4n) is 2.39. The van der Waals surface area contributed by atoms with Crippen LogP contribution in [0.3, 0.4) is 0 Å². The molecule has 0 N–H and O–H groups in total. The lowest BCUT2D eigenvalue weighted by Gasteiger charge is -2.18. The second-order valence-electron chi connectivity index (χ2n) is 6.45. The minimum absolute atomic E-state index is 0.121. The molecule has 118 valence electrons. The van der Waals surface area contributed by atoms with Gasteiger partial charge >= 0.3 is 0 Å². The van der Waals surface area contributed by atoms with Crippen LogP contribution in [0.25, 0.3) is 22.8 Å². The highest BCUT2D eigenvalue weighted by Gasteiger charge is 2.16. The average Bonchev–Trinajstić information content (AvgIpc) is 3.04. The van der Waals surface area contributed by atoms with Gasteiger partial charge in [-0.3, -0.25) is 0 Å². The first-order valence-electron chi connectivity index (χ1n) is 7.57. The Bertz CT molecular complexity index is 799. The first kappa shape index (κ1) is 15.3. The van der Waals surface area contributed by atoms with Gasteiger partial charge in [0.15, 0.2) is 0 Å². The van der Waals surface area contributed by atoms with Gasteiger partial charge < -0.3 is 9.26 Å². The molecule has 0 spiro atoms. The summed E-state index contributed by atoms with van der Waals surface area (Å²) in [6.07, 6.45) is 0. The quantitative estimate of drug-likeness (QED) is 0.703. The van der Waals surface area contributed by atoms with E-state index in [1.807, 2.05) is 36.4 Å². The molecule has 0 atom stereocenters. The second kappa shape index (κ2) is 5.88. The van der Waals surface area contributed by atoms with Crippen molar-refractivity contribution < 1.29 is 9.26 Å². The number of hydrogen-bond acceptors (Lipinski definition) is 4. The molecule has 4 heteroatoms. The van der Waals surface area contributed by atoms with Crippen LogP contribution in [0, 0.1) is 0 Å². The van der Waals surface area contributed by atoms with Crippen LogP contribution in [0.5, 0.6) is 5.75 Å². The third-order valence-electron chi connectivity index (χ3n) is 3.77. The molecule has 0 fully saturated rings. The fraction of sp³-hybridized carbons (Fsp3) is 0.263. The van der Waals surface area contributed by atoms with Gasteiger partial charge in [-0.15, -0.1) is 0 Å². The number of methoxy groups -OCH3 is 1. The van der Waals surface area contributed by atoms with Crippen LogP contribution in [0.1, 0.15) is 26.3 Å². The molecule has 23 heavy (non-hydrogen) atoms. The zero-order valence-electron chi connectivity index (χ0n) is 13.8. The zero-order chi connectivity index (χ0) is 16.4. The van der Waals surface area contributed by atoms with Crippen molar-refractivity contribution in [1.82, 2.24) is 10.1 Å². The number of hydrogen-bond donors (Lipinski definition) is 0. The maximum Gasteiger partial charge on any atom is 0.258 e. The molecule has 0 aliphatic carbocycles. The van der Waals surface area contributed by atoms with E-state index in [9.17, 15) is 0 Å². The number of para-hydroxylation sites is 1. The normalized spacial score (nSPS) is 11.5. The smallest absolute Gasteiger partial charge is 0.258 e. The maximum absolute atomic E-state index is 5.41. The molecular weight excluding hydrogens is 288 g/mol. The van der Waals surface area contributed by atoms with Gasteiger partial charge in [0.05, 0.1) is 12.7 Å². The third kappa shape index (κ3) is 3.11. The topological polar surface area (TPSA) is 48.2 Å². The Morgan fingerprint density at radius 2 is 1.65 bits per heavy atom. The van der Waals surface area contributed by atoms with E-state index in [-0.39, 0.29) is 5.41 Å². The SMILES string of the molecule is COc1ccccc1-c1noc(-c2ccc(C(C)(C)C)cc2)n1. The molecule has 1 heterocycles. The van der Waals surface area contributed by atoms with Gasteiger partial charge in [-0.25, -0.2) is 0 Å². The Morgan fingerprint density at radius 3 is 2.30 bits per heavy atom. The molecule has 0 bridgehead atoms. The molecule has 0 aliphatic heterocycles. The largest absolute Gasteiger partial charge is 0.496 e. The van der Waals surface area contributed by atoms with Crippen LogP contribution in [0.4, 0.5) is 0 Å². The molecule has 1 aromatic heterocycles. The lowest BCUT2D eigenvalue weighted by atomic mass is 9.87. The lowest BCUT2D eigenvalue weighted by molar-refractivity contribution is 0.413. The van der Waals surface area contributed by atoms with Crippen molar-refractivity contribution >= 4 is 0 Å². The van der Waals surface area contributed by atoms with Crippen molar-refractivity contribution in [2.45, 2.75) is 26.2 Å². The first-order chi connectivity index (χ1) is 11.0. The monoisotopic (exact) mass is 308 g/mol. The fourth-order valence-corrected chi connectivity index (χ4v) is 2.39. The van der Waals surface area contributed by atoms with Crippen molar-refractivity contribution in [1.29, 1.82) is 0 Å². The number of nitrogens with zero attached hydrogens (tertiary/aromatic N) is 2. The molecule has 3 rings (SSSR count). The van der Waals surface area contributed by atoms with Gasteiger partial charge in [0.2, 0.25) is 5.82 Å². The highest BCUT2D eigenvalue weighted by molar-refractivity contribution is 5.65. The van der Waals surface area contributed by atoms with Gasteiger partial charge in [-0.1, -0.05) is 50.2 Å². The van der Waals surface area contributed by atoms with Crippen molar-refractivity contribution in [3.05, 3.63) is 54.1 Å². The highest BCUT2D eigenvalue weighted by Crippen LogP contribution is 2.30. The van der Waals surface area contributed by atoms with E-state index in [4.69, 9.17) is 9.26 Å². The summed E-state index contributed by atoms with van der Waals surface area (Å²) in [7, 11) is 1.63. The summed E-state index contributed by atoms with van der Waals surface area (Å²) in [4.78, 5) is 4.49. The van der Waals surface area contributed by atoms with Crippen molar-refractivity contribution in [3.8, 4) is 28.6 Å². The zero-order valence-corrected chi connectivity index (χ0v) is 13.8. The van der Waals surface area contributed by atoms with Crippen molar-refractivity contribution in [2.24, 2.45) is 0 Å². The lowest BCUT2D eigenvalue weighted by Crippen LogP contribution is -2.10. The molecular formula is C19H20N2O2. The van der Waals surface area contributed by atoms with Crippen LogP contribution in [-0.4, -0.2) is 17.3 Å². The Balaban J connectivity index is 1.93. The highest BCUT2D eigenvalue weighted by atomic mass is 16.5. The Hall–Kier alpha value is -2.62. The van der Waals surface area contributed by atoms with Gasteiger partial charge in [-0.05, 0) is 35.2 Å². The van der Waals surface area contributed by atoms with E-state index in [0.717, 1.165) is 16.9 Å². The molecule has 2 aromatic carbocycles. The van der Waals surface area contributed by atoms with Crippen LogP contribution >= 0.6 is 0 Å². The number of rotatable bonds is 3. The standard InChI is InChI=1S/C19H20N2O2/c1-19(2,3)14-11-9-13(10-12-14)18-20-17(21-23-18)15-7-5-6-8-16(15)22-4/h5-12H,1-4H3. The second-order valence-corrected chi connectivity index (χ2v) is 6.45. The minimum atomic E-state index is 0.121. The molecule has 0 saturated heterocycles. The maximum atomic E-state index is 5.41. The van der Waals surface area contributed by atoms with E-state index in [1.165, 1.54) is 5.56 Å². The molecule has 0 unspecified atom stereocenters. The van der Waals surface area contributed by atoms with Gasteiger partial charge in [-0.2, -0.15) is 4.98 Å². The predicted octanol–water partition coefficient (Wildman–Crippen LogP) is 4.71. The van der Waals surface area contributed by atoms with Crippen LogP contribution in [-0.2, 0) is 5.41 Å². The molecule has 0 saturated carbocycles. The summed E-state index contributed by atoms with van der Waals surface area (Å²) in [6, 6.07) is 15.9. The Labute approximate surface area is 136 Å². The molecule has 4 nitrogen and oxygen atoms in total. The minimum Gasteiger partial charge on any atom is -0.496 e. The summed E-state index contributed by atoms with van der Waals surface area (Å²) in [5.41, 5.74) is 3.12. The molecule has 3 aromatic rings. The van der Waals surface area contributed by atoms with Gasteiger partial charge in [0, 0.05) is 5.56 Å². The molecule has 0 radical (unpaired) electrons. The van der Waals surface area contributed by atoms with Crippen LogP contribution < -0.4 is 4.74 Å². The van der Waals surface area contributed by atoms with Crippen molar-refractivity contribution in [3.63, 3.8) is 0 Å². The van der Waals surface area contributed by atoms with E-state index in [2.05, 4.69) is 43.0 Å². The third-order valence-corrected chi connectivity index (χ3v) is 3.77. The Morgan fingerprint density at radius 1 is 0.957 bits per heavy atom. The number of aromatic nitrogens is 2. The summed E-state index contributed by atoms with van der Waals surface area (Å²) >= 11 is 0. The summed E-state index contributed by atoms with van der Waals surface area (Å²) < 4.78 is 10.8. The van der Waals surface area contributed by atoms with Gasteiger partial charge in [0.1, 0.15) is 5.75 Å². The predicted molar refractivity (Wildman–Crippen MR) is 90.4 cm³/mol. The first-order valence-corrected chi connectivity index (χ1v) is 7.57. The summed E-state index contributed by atoms with van der Waals surface area (Å²) in [5.74, 6) is 1.76. The Kier molecular flexibility index (Phi) is 3.90. The van der Waals surface area contributed by atoms with Crippen molar-refractivity contribution in [2.75, 3.05) is 7.11 Å². The van der Waals surface area contributed by atoms with Crippen LogP contribution in [0.15, 0.2) is 53.1 Å². The average molecular weight is 308 g/mol. The van der Waals surface area contributed by atoms with Gasteiger partial charge in [0.25, 0.3) is 5.89 Å².